The van der Waals surface area contributed by atoms with Crippen LogP contribution in [0, 0.1) is 0 Å². The lowest BCUT2D eigenvalue weighted by atomic mass is 9.95. The fourth-order valence-electron chi connectivity index (χ4n) is 2.57. The van der Waals surface area contributed by atoms with Crippen molar-refractivity contribution in [1.82, 2.24) is 14.7 Å². The number of hydrogen-bond acceptors (Lipinski definition) is 3. The first kappa shape index (κ1) is 10.7. The van der Waals surface area contributed by atoms with Crippen LogP contribution in [-0.2, 0) is 6.54 Å². The quantitative estimate of drug-likeness (QED) is 0.816. The van der Waals surface area contributed by atoms with E-state index in [1.807, 2.05) is 12.1 Å². The summed E-state index contributed by atoms with van der Waals surface area (Å²) in [6, 6.07) is 6.13. The van der Waals surface area contributed by atoms with E-state index in [1.54, 1.807) is 0 Å². The largest absolute Gasteiger partial charge is 0.325 e. The maximum atomic E-state index is 5.75. The average molecular weight is 230 g/mol. The second-order valence-electron chi connectivity index (χ2n) is 4.64. The Morgan fingerprint density at radius 3 is 2.94 bits per heavy atom. The summed E-state index contributed by atoms with van der Waals surface area (Å²) >= 11 is 0. The van der Waals surface area contributed by atoms with Crippen LogP contribution in [0.1, 0.15) is 30.1 Å². The second kappa shape index (κ2) is 4.47. The summed E-state index contributed by atoms with van der Waals surface area (Å²) in [5.74, 6) is 0.599. The van der Waals surface area contributed by atoms with Gasteiger partial charge in [0.05, 0.1) is 5.69 Å². The number of imidazole rings is 1. The highest BCUT2D eigenvalue weighted by Gasteiger charge is 2.18. The molecule has 4 heteroatoms. The molecule has 1 saturated heterocycles. The maximum absolute atomic E-state index is 5.75. The third-order valence-corrected chi connectivity index (χ3v) is 3.56. The molecule has 90 valence electrons. The normalized spacial score (nSPS) is 17.7. The van der Waals surface area contributed by atoms with Crippen LogP contribution in [0.2, 0.25) is 0 Å². The standard InChI is InChI=1S/C13H18N4/c14-8-11-2-1-3-13-16-12(9-17(11)13)10-4-6-15-7-5-10/h1-3,9-10,15H,4-8,14H2. The van der Waals surface area contributed by atoms with Gasteiger partial charge in [-0.1, -0.05) is 6.07 Å². The molecule has 2 aromatic rings. The van der Waals surface area contributed by atoms with Crippen LogP contribution < -0.4 is 11.1 Å². The van der Waals surface area contributed by atoms with Crippen LogP contribution in [0.3, 0.4) is 0 Å². The highest BCUT2D eigenvalue weighted by Crippen LogP contribution is 2.25. The fourth-order valence-corrected chi connectivity index (χ4v) is 2.57. The molecule has 1 aliphatic heterocycles. The van der Waals surface area contributed by atoms with Gasteiger partial charge >= 0.3 is 0 Å². The topological polar surface area (TPSA) is 55.3 Å². The highest BCUT2D eigenvalue weighted by atomic mass is 15.0. The number of pyridine rings is 1. The van der Waals surface area contributed by atoms with Gasteiger partial charge in [0.15, 0.2) is 0 Å². The lowest BCUT2D eigenvalue weighted by molar-refractivity contribution is 0.454. The van der Waals surface area contributed by atoms with Crippen molar-refractivity contribution in [2.24, 2.45) is 5.73 Å². The SMILES string of the molecule is NCc1cccc2nc(C3CCNCC3)cn12. The first-order valence-electron chi connectivity index (χ1n) is 6.26. The van der Waals surface area contributed by atoms with Crippen molar-refractivity contribution < 1.29 is 0 Å². The average Bonchev–Trinajstić information content (AvgIpc) is 2.83. The van der Waals surface area contributed by atoms with Crippen LogP contribution in [0.25, 0.3) is 5.65 Å². The molecule has 0 spiro atoms. The summed E-state index contributed by atoms with van der Waals surface area (Å²) in [5, 5.41) is 3.39. The molecule has 17 heavy (non-hydrogen) atoms. The van der Waals surface area contributed by atoms with E-state index in [4.69, 9.17) is 10.7 Å². The van der Waals surface area contributed by atoms with Crippen LogP contribution >= 0.6 is 0 Å². The lowest BCUT2D eigenvalue weighted by Gasteiger charge is -2.20. The zero-order valence-electron chi connectivity index (χ0n) is 9.89. The van der Waals surface area contributed by atoms with E-state index in [0.717, 1.165) is 24.4 Å². The Kier molecular flexibility index (Phi) is 2.82. The predicted molar refractivity (Wildman–Crippen MR) is 67.9 cm³/mol. The van der Waals surface area contributed by atoms with E-state index in [2.05, 4.69) is 22.0 Å². The van der Waals surface area contributed by atoms with Crippen LogP contribution in [-0.4, -0.2) is 22.5 Å². The molecule has 3 rings (SSSR count). The summed E-state index contributed by atoms with van der Waals surface area (Å²) in [4.78, 5) is 4.72. The molecular formula is C13H18N4. The molecule has 2 aromatic heterocycles. The van der Waals surface area contributed by atoms with Gasteiger partial charge < -0.3 is 15.5 Å². The third kappa shape index (κ3) is 1.94. The Morgan fingerprint density at radius 1 is 1.35 bits per heavy atom. The van der Waals surface area contributed by atoms with Crippen molar-refractivity contribution >= 4 is 5.65 Å². The Labute approximate surface area is 101 Å². The van der Waals surface area contributed by atoms with Gasteiger partial charge in [-0.25, -0.2) is 4.98 Å². The van der Waals surface area contributed by atoms with Gasteiger partial charge in [-0.2, -0.15) is 0 Å². The zero-order valence-corrected chi connectivity index (χ0v) is 9.89. The molecule has 1 aliphatic rings. The van der Waals surface area contributed by atoms with E-state index >= 15 is 0 Å². The Morgan fingerprint density at radius 2 is 2.18 bits per heavy atom. The monoisotopic (exact) mass is 230 g/mol. The van der Waals surface area contributed by atoms with Gasteiger partial charge in [0, 0.05) is 24.4 Å². The molecular weight excluding hydrogens is 212 g/mol. The highest BCUT2D eigenvalue weighted by molar-refractivity contribution is 5.42. The molecule has 3 heterocycles. The number of aromatic nitrogens is 2. The molecule has 0 amide bonds. The molecule has 0 saturated carbocycles. The van der Waals surface area contributed by atoms with E-state index < -0.39 is 0 Å². The van der Waals surface area contributed by atoms with Gasteiger partial charge in [0.1, 0.15) is 5.65 Å². The molecule has 0 unspecified atom stereocenters. The molecule has 1 fully saturated rings. The van der Waals surface area contributed by atoms with Crippen LogP contribution in [0.4, 0.5) is 0 Å². The van der Waals surface area contributed by atoms with Gasteiger partial charge in [-0.3, -0.25) is 0 Å². The summed E-state index contributed by atoms with van der Waals surface area (Å²) in [5.41, 5.74) is 9.10. The number of piperidine rings is 1. The molecule has 4 nitrogen and oxygen atoms in total. The second-order valence-corrected chi connectivity index (χ2v) is 4.64. The van der Waals surface area contributed by atoms with Gasteiger partial charge in [-0.15, -0.1) is 0 Å². The number of hydrogen-bond donors (Lipinski definition) is 2. The number of rotatable bonds is 2. The van der Waals surface area contributed by atoms with Gasteiger partial charge in [-0.05, 0) is 38.1 Å². The summed E-state index contributed by atoms with van der Waals surface area (Å²) in [7, 11) is 0. The van der Waals surface area contributed by atoms with Crippen molar-refractivity contribution in [3.63, 3.8) is 0 Å². The minimum absolute atomic E-state index is 0.555. The van der Waals surface area contributed by atoms with Crippen LogP contribution in [0.5, 0.6) is 0 Å². The van der Waals surface area contributed by atoms with E-state index in [1.165, 1.54) is 18.5 Å². The predicted octanol–water partition coefficient (Wildman–Crippen LogP) is 1.26. The number of nitrogens with zero attached hydrogens (tertiary/aromatic N) is 2. The first-order chi connectivity index (χ1) is 8.38. The summed E-state index contributed by atoms with van der Waals surface area (Å²) in [6.07, 6.45) is 4.52. The number of nitrogens with one attached hydrogen (secondary N) is 1. The number of fused-ring (bicyclic) bond motifs is 1. The number of nitrogens with two attached hydrogens (primary N) is 1. The molecule has 0 radical (unpaired) electrons. The van der Waals surface area contributed by atoms with Crippen LogP contribution in [0.15, 0.2) is 24.4 Å². The van der Waals surface area contributed by atoms with Crippen molar-refractivity contribution in [1.29, 1.82) is 0 Å². The van der Waals surface area contributed by atoms with Crippen molar-refractivity contribution in [2.45, 2.75) is 25.3 Å². The van der Waals surface area contributed by atoms with Crippen molar-refractivity contribution in [3.8, 4) is 0 Å². The van der Waals surface area contributed by atoms with Crippen molar-refractivity contribution in [2.75, 3.05) is 13.1 Å². The van der Waals surface area contributed by atoms with E-state index in [-0.39, 0.29) is 0 Å². The third-order valence-electron chi connectivity index (χ3n) is 3.56. The molecule has 0 aliphatic carbocycles. The minimum Gasteiger partial charge on any atom is -0.325 e. The summed E-state index contributed by atoms with van der Waals surface area (Å²) < 4.78 is 2.12. The molecule has 0 bridgehead atoms. The molecule has 3 N–H and O–H groups in total. The Hall–Kier alpha value is -1.39. The van der Waals surface area contributed by atoms with Gasteiger partial charge in [0.25, 0.3) is 0 Å². The Balaban J connectivity index is 2.00. The Bertz CT molecular complexity index is 511. The minimum atomic E-state index is 0.555. The smallest absolute Gasteiger partial charge is 0.137 e. The molecule has 0 atom stereocenters. The van der Waals surface area contributed by atoms with E-state index in [0.29, 0.717) is 12.5 Å². The van der Waals surface area contributed by atoms with Gasteiger partial charge in [0.2, 0.25) is 0 Å². The van der Waals surface area contributed by atoms with E-state index in [9.17, 15) is 0 Å². The lowest BCUT2D eigenvalue weighted by Crippen LogP contribution is -2.26. The van der Waals surface area contributed by atoms with Crippen molar-refractivity contribution in [3.05, 3.63) is 35.8 Å². The maximum Gasteiger partial charge on any atom is 0.137 e. The summed E-state index contributed by atoms with van der Waals surface area (Å²) in [6.45, 7) is 2.75. The fraction of sp³-hybridized carbons (Fsp3) is 0.462. The molecule has 0 aromatic carbocycles. The first-order valence-corrected chi connectivity index (χ1v) is 6.26. The zero-order chi connectivity index (χ0) is 11.7.